The standard InChI is InChI=1S/C17H22N2O5S/c18-25(22,23)15-7-5-13(6-8-15)9-10-19-16(20)12-24-17(21)11-14-3-1-2-4-14/h1,3,5-8,14H,2,4,9-12H2,(H,19,20)(H2,18,22,23)/t14-/m0/s1. The minimum Gasteiger partial charge on any atom is -0.456 e. The lowest BCUT2D eigenvalue weighted by atomic mass is 10.1. The maximum atomic E-state index is 11.7. The second-order valence-electron chi connectivity index (χ2n) is 5.92. The van der Waals surface area contributed by atoms with Crippen LogP contribution in [0.2, 0.25) is 0 Å². The normalized spacial score (nSPS) is 16.6. The molecule has 7 nitrogen and oxygen atoms in total. The van der Waals surface area contributed by atoms with Crippen molar-refractivity contribution < 1.29 is 22.7 Å². The van der Waals surface area contributed by atoms with Crippen molar-refractivity contribution in [1.82, 2.24) is 5.32 Å². The minimum absolute atomic E-state index is 0.0457. The maximum absolute atomic E-state index is 11.7. The fourth-order valence-corrected chi connectivity index (χ4v) is 3.04. The van der Waals surface area contributed by atoms with Gasteiger partial charge in [0.1, 0.15) is 0 Å². The Bertz CT molecular complexity index is 741. The molecule has 0 aliphatic heterocycles. The molecular formula is C17H22N2O5S. The minimum atomic E-state index is -3.70. The van der Waals surface area contributed by atoms with Gasteiger partial charge in [-0.15, -0.1) is 0 Å². The molecule has 0 aromatic heterocycles. The van der Waals surface area contributed by atoms with Crippen LogP contribution >= 0.6 is 0 Å². The van der Waals surface area contributed by atoms with Crippen LogP contribution in [0.3, 0.4) is 0 Å². The van der Waals surface area contributed by atoms with Gasteiger partial charge in [-0.05, 0) is 42.9 Å². The van der Waals surface area contributed by atoms with Crippen molar-refractivity contribution in [2.45, 2.75) is 30.6 Å². The number of carbonyl (C=O) groups is 2. The number of rotatable bonds is 8. The first-order valence-electron chi connectivity index (χ1n) is 8.05. The molecule has 2 rings (SSSR count). The van der Waals surface area contributed by atoms with Gasteiger partial charge in [0, 0.05) is 6.54 Å². The van der Waals surface area contributed by atoms with Crippen LogP contribution in [0.15, 0.2) is 41.3 Å². The number of hydrogen-bond donors (Lipinski definition) is 2. The van der Waals surface area contributed by atoms with E-state index in [1.807, 2.05) is 12.2 Å². The SMILES string of the molecule is NS(=O)(=O)c1ccc(CCNC(=O)COC(=O)C[C@H]2C=CCC2)cc1. The predicted octanol–water partition coefficient (Wildman–Crippen LogP) is 0.892. The highest BCUT2D eigenvalue weighted by Gasteiger charge is 2.15. The van der Waals surface area contributed by atoms with Gasteiger partial charge in [0.15, 0.2) is 6.61 Å². The Kier molecular flexibility index (Phi) is 6.72. The molecule has 0 fully saturated rings. The van der Waals surface area contributed by atoms with E-state index in [2.05, 4.69) is 5.32 Å². The summed E-state index contributed by atoms with van der Waals surface area (Å²) in [5.41, 5.74) is 0.859. The summed E-state index contributed by atoms with van der Waals surface area (Å²) in [5, 5.41) is 7.68. The number of benzene rings is 1. The first-order chi connectivity index (χ1) is 11.8. The summed E-state index contributed by atoms with van der Waals surface area (Å²) in [6.45, 7) is 0.0656. The Hall–Kier alpha value is -2.19. The molecule has 1 atom stereocenters. The number of esters is 1. The van der Waals surface area contributed by atoms with Gasteiger partial charge in [0.2, 0.25) is 10.0 Å². The molecule has 1 amide bonds. The quantitative estimate of drug-likeness (QED) is 0.524. The number of hydrogen-bond acceptors (Lipinski definition) is 5. The average Bonchev–Trinajstić information content (AvgIpc) is 3.05. The zero-order valence-electron chi connectivity index (χ0n) is 13.8. The van der Waals surface area contributed by atoms with Gasteiger partial charge in [-0.2, -0.15) is 0 Å². The van der Waals surface area contributed by atoms with Gasteiger partial charge < -0.3 is 10.1 Å². The topological polar surface area (TPSA) is 116 Å². The van der Waals surface area contributed by atoms with Crippen LogP contribution in [0.1, 0.15) is 24.8 Å². The van der Waals surface area contributed by atoms with E-state index in [1.54, 1.807) is 12.1 Å². The van der Waals surface area contributed by atoms with E-state index in [4.69, 9.17) is 9.88 Å². The van der Waals surface area contributed by atoms with Gasteiger partial charge in [0.05, 0.1) is 11.3 Å². The Labute approximate surface area is 147 Å². The lowest BCUT2D eigenvalue weighted by Crippen LogP contribution is -2.30. The summed E-state index contributed by atoms with van der Waals surface area (Å²) >= 11 is 0. The average molecular weight is 366 g/mol. The summed E-state index contributed by atoms with van der Waals surface area (Å²) in [4.78, 5) is 23.3. The summed E-state index contributed by atoms with van der Waals surface area (Å²) in [5.74, 6) is -0.516. The monoisotopic (exact) mass is 366 g/mol. The molecule has 0 saturated carbocycles. The Morgan fingerprint density at radius 2 is 1.96 bits per heavy atom. The number of sulfonamides is 1. The lowest BCUT2D eigenvalue weighted by Gasteiger charge is -2.09. The first kappa shape index (κ1) is 19.1. The molecule has 25 heavy (non-hydrogen) atoms. The number of ether oxygens (including phenoxy) is 1. The number of carbonyl (C=O) groups excluding carboxylic acids is 2. The van der Waals surface area contributed by atoms with E-state index in [1.165, 1.54) is 12.1 Å². The highest BCUT2D eigenvalue weighted by molar-refractivity contribution is 7.89. The molecule has 0 unspecified atom stereocenters. The van der Waals surface area contributed by atoms with Crippen molar-refractivity contribution in [2.75, 3.05) is 13.2 Å². The smallest absolute Gasteiger partial charge is 0.306 e. The number of nitrogens with one attached hydrogen (secondary N) is 1. The summed E-state index contributed by atoms with van der Waals surface area (Å²) < 4.78 is 27.3. The van der Waals surface area contributed by atoms with Crippen LogP contribution in [0.5, 0.6) is 0 Å². The zero-order valence-corrected chi connectivity index (χ0v) is 14.6. The zero-order chi connectivity index (χ0) is 18.3. The highest BCUT2D eigenvalue weighted by Crippen LogP contribution is 2.20. The van der Waals surface area contributed by atoms with Gasteiger partial charge in [-0.1, -0.05) is 24.3 Å². The maximum Gasteiger partial charge on any atom is 0.306 e. The van der Waals surface area contributed by atoms with Crippen LogP contribution in [0.25, 0.3) is 0 Å². The van der Waals surface area contributed by atoms with Crippen molar-refractivity contribution in [3.05, 3.63) is 42.0 Å². The third-order valence-electron chi connectivity index (χ3n) is 3.89. The number of nitrogens with two attached hydrogens (primary N) is 1. The Morgan fingerprint density at radius 1 is 1.24 bits per heavy atom. The van der Waals surface area contributed by atoms with Gasteiger partial charge in [0.25, 0.3) is 5.91 Å². The van der Waals surface area contributed by atoms with E-state index in [0.717, 1.165) is 18.4 Å². The lowest BCUT2D eigenvalue weighted by molar-refractivity contribution is -0.149. The summed E-state index contributed by atoms with van der Waals surface area (Å²) in [6.07, 6.45) is 6.81. The fraction of sp³-hybridized carbons (Fsp3) is 0.412. The predicted molar refractivity (Wildman–Crippen MR) is 92.0 cm³/mol. The third kappa shape index (κ3) is 6.67. The molecule has 0 radical (unpaired) electrons. The molecule has 0 heterocycles. The fourth-order valence-electron chi connectivity index (χ4n) is 2.53. The van der Waals surface area contributed by atoms with Crippen molar-refractivity contribution in [2.24, 2.45) is 11.1 Å². The second-order valence-corrected chi connectivity index (χ2v) is 7.48. The molecule has 1 aliphatic carbocycles. The van der Waals surface area contributed by atoms with E-state index in [0.29, 0.717) is 19.4 Å². The van der Waals surface area contributed by atoms with Gasteiger partial charge in [-0.25, -0.2) is 13.6 Å². The van der Waals surface area contributed by atoms with Crippen molar-refractivity contribution in [3.63, 3.8) is 0 Å². The molecule has 1 aromatic carbocycles. The first-order valence-corrected chi connectivity index (χ1v) is 9.60. The molecule has 1 aromatic rings. The number of primary sulfonamides is 1. The van der Waals surface area contributed by atoms with Crippen molar-refractivity contribution >= 4 is 21.9 Å². The molecule has 1 aliphatic rings. The largest absolute Gasteiger partial charge is 0.456 e. The summed E-state index contributed by atoms with van der Waals surface area (Å²) in [7, 11) is -3.70. The molecular weight excluding hydrogens is 344 g/mol. The van der Waals surface area contributed by atoms with Crippen LogP contribution in [0, 0.1) is 5.92 Å². The van der Waals surface area contributed by atoms with Crippen LogP contribution in [0.4, 0.5) is 0 Å². The van der Waals surface area contributed by atoms with Crippen molar-refractivity contribution in [3.8, 4) is 0 Å². The molecule has 3 N–H and O–H groups in total. The number of allylic oxidation sites excluding steroid dienone is 2. The molecule has 0 bridgehead atoms. The molecule has 8 heteroatoms. The van der Waals surface area contributed by atoms with E-state index < -0.39 is 10.0 Å². The Balaban J connectivity index is 1.64. The van der Waals surface area contributed by atoms with Crippen LogP contribution in [-0.2, 0) is 30.8 Å². The Morgan fingerprint density at radius 3 is 2.56 bits per heavy atom. The third-order valence-corrected chi connectivity index (χ3v) is 4.82. The van der Waals surface area contributed by atoms with Crippen molar-refractivity contribution in [1.29, 1.82) is 0 Å². The molecule has 136 valence electrons. The summed E-state index contributed by atoms with van der Waals surface area (Å²) in [6, 6.07) is 6.12. The highest BCUT2D eigenvalue weighted by atomic mass is 32.2. The van der Waals surface area contributed by atoms with E-state index in [9.17, 15) is 18.0 Å². The van der Waals surface area contributed by atoms with Crippen LogP contribution < -0.4 is 10.5 Å². The number of amides is 1. The van der Waals surface area contributed by atoms with Gasteiger partial charge in [-0.3, -0.25) is 9.59 Å². The second kappa shape index (κ2) is 8.77. The van der Waals surface area contributed by atoms with E-state index >= 15 is 0 Å². The molecule has 0 saturated heterocycles. The molecule has 0 spiro atoms. The van der Waals surface area contributed by atoms with Gasteiger partial charge >= 0.3 is 5.97 Å². The van der Waals surface area contributed by atoms with E-state index in [-0.39, 0.29) is 29.3 Å². The van der Waals surface area contributed by atoms with Crippen LogP contribution in [-0.4, -0.2) is 33.4 Å².